The van der Waals surface area contributed by atoms with E-state index in [4.69, 9.17) is 15.6 Å². The van der Waals surface area contributed by atoms with Gasteiger partial charge in [0, 0.05) is 10.6 Å². The molecule has 0 atom stereocenters. The minimum atomic E-state index is -3.69. The molecule has 7 nitrogen and oxygen atoms in total. The van der Waals surface area contributed by atoms with E-state index in [-0.39, 0.29) is 4.90 Å². The largest absolute Gasteiger partial charge is 0.493 e. The summed E-state index contributed by atoms with van der Waals surface area (Å²) in [6.07, 6.45) is 0. The van der Waals surface area contributed by atoms with E-state index in [1.165, 1.54) is 28.8 Å². The van der Waals surface area contributed by atoms with Gasteiger partial charge in [-0.1, -0.05) is 11.8 Å². The van der Waals surface area contributed by atoms with Crippen LogP contribution in [-0.4, -0.2) is 30.7 Å². The van der Waals surface area contributed by atoms with E-state index < -0.39 is 10.0 Å². The van der Waals surface area contributed by atoms with Crippen molar-refractivity contribution in [3.05, 3.63) is 34.7 Å². The van der Waals surface area contributed by atoms with Gasteiger partial charge in [0.25, 0.3) is 0 Å². The van der Waals surface area contributed by atoms with Gasteiger partial charge in [-0.05, 0) is 43.7 Å². The van der Waals surface area contributed by atoms with Crippen LogP contribution in [0, 0.1) is 13.8 Å². The number of ether oxygens (including phenoxy) is 1. The van der Waals surface area contributed by atoms with E-state index in [1.807, 2.05) is 13.8 Å². The molecule has 0 bridgehead atoms. The number of rotatable bonds is 6. The average Bonchev–Trinajstić information content (AvgIpc) is 2.86. The highest BCUT2D eigenvalue weighted by molar-refractivity contribution is 7.99. The number of anilines is 1. The summed E-state index contributed by atoms with van der Waals surface area (Å²) in [5.41, 5.74) is 7.20. The van der Waals surface area contributed by atoms with Crippen LogP contribution in [0.5, 0.6) is 5.75 Å². The molecule has 0 aliphatic rings. The third-order valence-corrected chi connectivity index (χ3v) is 6.61. The Labute approximate surface area is 159 Å². The number of fused-ring (bicyclic) bond motifs is 1. The molecule has 0 unspecified atom stereocenters. The second-order valence-corrected chi connectivity index (χ2v) is 9.39. The number of aromatic nitrogens is 2. The highest BCUT2D eigenvalue weighted by atomic mass is 32.2. The first-order valence-corrected chi connectivity index (χ1v) is 11.0. The molecule has 0 amide bonds. The number of aryl methyl sites for hydroxylation is 2. The van der Waals surface area contributed by atoms with Gasteiger partial charge in [0.15, 0.2) is 5.16 Å². The summed E-state index contributed by atoms with van der Waals surface area (Å²) in [6, 6.07) is 5.97. The van der Waals surface area contributed by atoms with Crippen molar-refractivity contribution in [3.63, 3.8) is 0 Å². The highest BCUT2D eigenvalue weighted by Crippen LogP contribution is 2.33. The Balaban J connectivity index is 1.59. The molecule has 0 aliphatic carbocycles. The molecule has 0 saturated heterocycles. The number of primary sulfonamides is 1. The van der Waals surface area contributed by atoms with Crippen LogP contribution in [-0.2, 0) is 10.0 Å². The molecule has 26 heavy (non-hydrogen) atoms. The number of thiophene rings is 1. The number of nitrogens with two attached hydrogens (primary N) is 2. The highest BCUT2D eigenvalue weighted by Gasteiger charge is 2.13. The van der Waals surface area contributed by atoms with Crippen molar-refractivity contribution in [1.29, 1.82) is 0 Å². The van der Waals surface area contributed by atoms with Crippen LogP contribution in [0.4, 0.5) is 5.82 Å². The standard InChI is InChI=1S/C16H18N4O3S3/c1-9-10(2)25-15-13(9)14(17)19-16(20-15)24-8-7-23-11-3-5-12(6-4-11)26(18,21)22/h3-6H,7-8H2,1-2H3,(H2,17,19,20)(H2,18,21,22). The summed E-state index contributed by atoms with van der Waals surface area (Å²) in [6.45, 7) is 4.49. The molecule has 0 fully saturated rings. The smallest absolute Gasteiger partial charge is 0.238 e. The molecule has 0 radical (unpaired) electrons. The molecule has 2 heterocycles. The van der Waals surface area contributed by atoms with Crippen LogP contribution < -0.4 is 15.6 Å². The summed E-state index contributed by atoms with van der Waals surface area (Å²) in [5, 5.41) is 6.61. The molecule has 138 valence electrons. The molecule has 0 aliphatic heterocycles. The predicted molar refractivity (Wildman–Crippen MR) is 105 cm³/mol. The number of sulfonamides is 1. The third kappa shape index (κ3) is 4.09. The number of benzene rings is 1. The Morgan fingerprint density at radius 2 is 1.88 bits per heavy atom. The lowest BCUT2D eigenvalue weighted by Gasteiger charge is -2.07. The van der Waals surface area contributed by atoms with E-state index in [1.54, 1.807) is 23.5 Å². The van der Waals surface area contributed by atoms with Gasteiger partial charge in [-0.15, -0.1) is 11.3 Å². The van der Waals surface area contributed by atoms with Gasteiger partial charge in [-0.3, -0.25) is 0 Å². The number of nitrogen functional groups attached to an aromatic ring is 1. The Morgan fingerprint density at radius 3 is 2.54 bits per heavy atom. The molecule has 1 aromatic carbocycles. The van der Waals surface area contributed by atoms with Gasteiger partial charge < -0.3 is 10.5 Å². The van der Waals surface area contributed by atoms with E-state index in [2.05, 4.69) is 9.97 Å². The number of thioether (sulfide) groups is 1. The monoisotopic (exact) mass is 410 g/mol. The average molecular weight is 411 g/mol. The van der Waals surface area contributed by atoms with Crippen LogP contribution >= 0.6 is 23.1 Å². The maximum absolute atomic E-state index is 11.2. The summed E-state index contributed by atoms with van der Waals surface area (Å²) in [5.74, 6) is 1.70. The van der Waals surface area contributed by atoms with Crippen molar-refractivity contribution in [3.8, 4) is 5.75 Å². The van der Waals surface area contributed by atoms with E-state index in [9.17, 15) is 8.42 Å². The molecular weight excluding hydrogens is 392 g/mol. The number of nitrogens with zero attached hydrogens (tertiary/aromatic N) is 2. The van der Waals surface area contributed by atoms with E-state index >= 15 is 0 Å². The minimum Gasteiger partial charge on any atom is -0.493 e. The van der Waals surface area contributed by atoms with Crippen molar-refractivity contribution >= 4 is 49.2 Å². The van der Waals surface area contributed by atoms with Gasteiger partial charge in [-0.2, -0.15) is 0 Å². The summed E-state index contributed by atoms with van der Waals surface area (Å²) >= 11 is 3.07. The summed E-state index contributed by atoms with van der Waals surface area (Å²) in [7, 11) is -3.69. The van der Waals surface area contributed by atoms with Crippen LogP contribution in [0.2, 0.25) is 0 Å². The maximum atomic E-state index is 11.2. The second kappa shape index (κ2) is 7.39. The van der Waals surface area contributed by atoms with Crippen LogP contribution in [0.25, 0.3) is 10.2 Å². The Kier molecular flexibility index (Phi) is 5.37. The van der Waals surface area contributed by atoms with Crippen molar-refractivity contribution in [2.45, 2.75) is 23.9 Å². The molecule has 3 aromatic rings. The first-order chi connectivity index (χ1) is 12.3. The Morgan fingerprint density at radius 1 is 1.19 bits per heavy atom. The fraction of sp³-hybridized carbons (Fsp3) is 0.250. The molecular formula is C16H18N4O3S3. The molecule has 0 spiro atoms. The van der Waals surface area contributed by atoms with Gasteiger partial charge in [0.2, 0.25) is 10.0 Å². The first-order valence-electron chi connectivity index (χ1n) is 7.67. The predicted octanol–water partition coefficient (Wildman–Crippen LogP) is 2.71. The van der Waals surface area contributed by atoms with Crippen molar-refractivity contribution < 1.29 is 13.2 Å². The SMILES string of the molecule is Cc1sc2nc(SCCOc3ccc(S(N)(=O)=O)cc3)nc(N)c2c1C. The maximum Gasteiger partial charge on any atom is 0.238 e. The topological polar surface area (TPSA) is 121 Å². The van der Waals surface area contributed by atoms with Gasteiger partial charge in [0.1, 0.15) is 16.4 Å². The number of hydrogen-bond acceptors (Lipinski definition) is 8. The van der Waals surface area contributed by atoms with Crippen molar-refractivity contribution in [1.82, 2.24) is 9.97 Å². The molecule has 4 N–H and O–H groups in total. The molecule has 2 aromatic heterocycles. The van der Waals surface area contributed by atoms with Crippen LogP contribution in [0.1, 0.15) is 10.4 Å². The van der Waals surface area contributed by atoms with E-state index in [0.29, 0.717) is 29.1 Å². The minimum absolute atomic E-state index is 0.0536. The Bertz CT molecular complexity index is 1050. The number of hydrogen-bond donors (Lipinski definition) is 2. The lowest BCUT2D eigenvalue weighted by Crippen LogP contribution is -2.11. The molecule has 10 heteroatoms. The van der Waals surface area contributed by atoms with Crippen LogP contribution in [0.3, 0.4) is 0 Å². The Hall–Kier alpha value is -1.88. The zero-order valence-electron chi connectivity index (χ0n) is 14.2. The van der Waals surface area contributed by atoms with Crippen molar-refractivity contribution in [2.24, 2.45) is 5.14 Å². The zero-order chi connectivity index (χ0) is 18.9. The zero-order valence-corrected chi connectivity index (χ0v) is 16.7. The fourth-order valence-corrected chi connectivity index (χ4v) is 4.62. The van der Waals surface area contributed by atoms with Crippen LogP contribution in [0.15, 0.2) is 34.3 Å². The lowest BCUT2D eigenvalue weighted by atomic mass is 10.2. The quantitative estimate of drug-likeness (QED) is 0.364. The fourth-order valence-electron chi connectivity index (χ4n) is 2.34. The van der Waals surface area contributed by atoms with Gasteiger partial charge in [0.05, 0.1) is 16.9 Å². The summed E-state index contributed by atoms with van der Waals surface area (Å²) in [4.78, 5) is 11.1. The second-order valence-electron chi connectivity index (χ2n) is 5.57. The molecule has 0 saturated carbocycles. The lowest BCUT2D eigenvalue weighted by molar-refractivity contribution is 0.343. The summed E-state index contributed by atoms with van der Waals surface area (Å²) < 4.78 is 28.0. The van der Waals surface area contributed by atoms with Gasteiger partial charge in [-0.25, -0.2) is 23.5 Å². The third-order valence-electron chi connectivity index (χ3n) is 3.77. The van der Waals surface area contributed by atoms with Crippen molar-refractivity contribution in [2.75, 3.05) is 18.1 Å². The normalized spacial score (nSPS) is 11.8. The van der Waals surface area contributed by atoms with Gasteiger partial charge >= 0.3 is 0 Å². The van der Waals surface area contributed by atoms with E-state index in [0.717, 1.165) is 15.8 Å². The molecule has 3 rings (SSSR count). The first kappa shape index (κ1) is 18.9.